The van der Waals surface area contributed by atoms with E-state index in [4.69, 9.17) is 10.9 Å². The third-order valence-corrected chi connectivity index (χ3v) is 6.41. The minimum atomic E-state index is -3.85. The first kappa shape index (κ1) is 19.2. The van der Waals surface area contributed by atoms with E-state index in [1.54, 1.807) is 24.8 Å². The maximum Gasteiger partial charge on any atom is 0.253 e. The molecule has 0 spiro atoms. The van der Waals surface area contributed by atoms with E-state index in [1.165, 1.54) is 6.07 Å². The van der Waals surface area contributed by atoms with Gasteiger partial charge in [0.05, 0.1) is 4.90 Å². The molecule has 1 aliphatic heterocycles. The minimum absolute atomic E-state index is 0. The van der Waals surface area contributed by atoms with Crippen molar-refractivity contribution in [2.75, 3.05) is 13.1 Å². The Bertz CT molecular complexity index is 766. The van der Waals surface area contributed by atoms with Gasteiger partial charge >= 0.3 is 0 Å². The number of hydrogen-bond acceptors (Lipinski definition) is 4. The maximum absolute atomic E-state index is 12.8. The highest BCUT2D eigenvalue weighted by molar-refractivity contribution is 7.89. The maximum atomic E-state index is 12.8. The van der Waals surface area contributed by atoms with Crippen molar-refractivity contribution in [3.63, 3.8) is 0 Å². The Hall–Kier alpha value is -1.15. The molecule has 1 heterocycles. The number of carbonyl (C=O) groups is 1. The summed E-state index contributed by atoms with van der Waals surface area (Å²) in [6.07, 6.45) is 2.08. The van der Waals surface area contributed by atoms with Gasteiger partial charge in [0, 0.05) is 24.7 Å². The zero-order chi connectivity index (χ0) is 16.9. The van der Waals surface area contributed by atoms with Crippen LogP contribution in [0.2, 0.25) is 0 Å². The molecule has 1 amide bonds. The number of amides is 1. The Morgan fingerprint density at radius 3 is 2.46 bits per heavy atom. The lowest BCUT2D eigenvalue weighted by molar-refractivity contribution is 0.0779. The SMILES string of the molecule is Cc1cc(C(=O)N2CC3CCC(N)C3C2)cc(S(N)(=O)=O)c1C.Cl. The molecule has 0 radical (unpaired) electrons. The van der Waals surface area contributed by atoms with Crippen LogP contribution in [0.4, 0.5) is 0 Å². The van der Waals surface area contributed by atoms with E-state index in [0.29, 0.717) is 36.1 Å². The number of sulfonamides is 1. The molecule has 1 saturated heterocycles. The second kappa shape index (κ2) is 6.63. The largest absolute Gasteiger partial charge is 0.338 e. The fourth-order valence-electron chi connectivity index (χ4n) is 3.90. The first-order valence-electron chi connectivity index (χ1n) is 7.87. The van der Waals surface area contributed by atoms with Crippen LogP contribution in [-0.4, -0.2) is 38.4 Å². The second-order valence-corrected chi connectivity index (χ2v) is 8.37. The van der Waals surface area contributed by atoms with Crippen LogP contribution >= 0.6 is 12.4 Å². The molecular formula is C16H24ClN3O3S. The minimum Gasteiger partial charge on any atom is -0.338 e. The van der Waals surface area contributed by atoms with Crippen LogP contribution in [0.15, 0.2) is 17.0 Å². The molecular weight excluding hydrogens is 350 g/mol. The normalized spacial score (nSPS) is 26.2. The van der Waals surface area contributed by atoms with Gasteiger partial charge < -0.3 is 10.6 Å². The molecule has 1 aliphatic carbocycles. The van der Waals surface area contributed by atoms with E-state index >= 15 is 0 Å². The summed E-state index contributed by atoms with van der Waals surface area (Å²) in [6, 6.07) is 3.30. The highest BCUT2D eigenvalue weighted by Crippen LogP contribution is 2.37. The van der Waals surface area contributed by atoms with E-state index in [-0.39, 0.29) is 29.3 Å². The number of rotatable bonds is 2. The number of likely N-dealkylation sites (tertiary alicyclic amines) is 1. The van der Waals surface area contributed by atoms with Crippen molar-refractivity contribution in [2.45, 2.75) is 37.6 Å². The van der Waals surface area contributed by atoms with Gasteiger partial charge in [0.15, 0.2) is 0 Å². The Balaban J connectivity index is 0.00000208. The van der Waals surface area contributed by atoms with E-state index in [1.807, 2.05) is 0 Å². The first-order chi connectivity index (χ1) is 10.7. The Morgan fingerprint density at radius 2 is 1.88 bits per heavy atom. The van der Waals surface area contributed by atoms with Gasteiger partial charge in [-0.15, -0.1) is 12.4 Å². The van der Waals surface area contributed by atoms with E-state index < -0.39 is 10.0 Å². The van der Waals surface area contributed by atoms with Crippen LogP contribution in [0.25, 0.3) is 0 Å². The highest BCUT2D eigenvalue weighted by atomic mass is 35.5. The number of nitrogens with two attached hydrogens (primary N) is 2. The third kappa shape index (κ3) is 3.31. The fourth-order valence-corrected chi connectivity index (χ4v) is 4.78. The molecule has 3 atom stereocenters. The molecule has 1 saturated carbocycles. The summed E-state index contributed by atoms with van der Waals surface area (Å²) in [7, 11) is -3.85. The molecule has 134 valence electrons. The van der Waals surface area contributed by atoms with Crippen molar-refractivity contribution >= 4 is 28.3 Å². The predicted molar refractivity (Wildman–Crippen MR) is 94.6 cm³/mol. The van der Waals surface area contributed by atoms with Crippen LogP contribution in [0, 0.1) is 25.7 Å². The van der Waals surface area contributed by atoms with Crippen molar-refractivity contribution in [3.8, 4) is 0 Å². The number of nitrogens with zero attached hydrogens (tertiary/aromatic N) is 1. The van der Waals surface area contributed by atoms with Crippen molar-refractivity contribution < 1.29 is 13.2 Å². The van der Waals surface area contributed by atoms with Gasteiger partial charge in [-0.1, -0.05) is 0 Å². The fraction of sp³-hybridized carbons (Fsp3) is 0.562. The Kier molecular flexibility index (Phi) is 5.30. The van der Waals surface area contributed by atoms with Gasteiger partial charge in [0.1, 0.15) is 0 Å². The van der Waals surface area contributed by atoms with Crippen molar-refractivity contribution in [2.24, 2.45) is 22.7 Å². The Labute approximate surface area is 149 Å². The number of benzene rings is 1. The van der Waals surface area contributed by atoms with Gasteiger partial charge in [-0.25, -0.2) is 13.6 Å². The number of halogens is 1. The Morgan fingerprint density at radius 1 is 1.21 bits per heavy atom. The highest BCUT2D eigenvalue weighted by Gasteiger charge is 2.42. The van der Waals surface area contributed by atoms with Crippen molar-refractivity contribution in [3.05, 3.63) is 28.8 Å². The average Bonchev–Trinajstić information content (AvgIpc) is 3.02. The number of primary sulfonamides is 1. The molecule has 2 fully saturated rings. The van der Waals surface area contributed by atoms with Crippen LogP contribution in [-0.2, 0) is 10.0 Å². The lowest BCUT2D eigenvalue weighted by atomic mass is 9.98. The number of hydrogen-bond donors (Lipinski definition) is 2. The lowest BCUT2D eigenvalue weighted by Crippen LogP contribution is -2.33. The molecule has 2 aliphatic rings. The summed E-state index contributed by atoms with van der Waals surface area (Å²) < 4.78 is 23.5. The first-order valence-corrected chi connectivity index (χ1v) is 9.42. The lowest BCUT2D eigenvalue weighted by Gasteiger charge is -2.20. The molecule has 0 bridgehead atoms. The summed E-state index contributed by atoms with van der Waals surface area (Å²) in [5.74, 6) is 0.695. The van der Waals surface area contributed by atoms with E-state index in [9.17, 15) is 13.2 Å². The van der Waals surface area contributed by atoms with E-state index in [0.717, 1.165) is 18.4 Å². The average molecular weight is 374 g/mol. The molecule has 3 rings (SSSR count). The molecule has 3 unspecified atom stereocenters. The summed E-state index contributed by atoms with van der Waals surface area (Å²) in [6.45, 7) is 4.84. The summed E-state index contributed by atoms with van der Waals surface area (Å²) in [5, 5.41) is 5.27. The zero-order valence-electron chi connectivity index (χ0n) is 13.9. The topological polar surface area (TPSA) is 106 Å². The van der Waals surface area contributed by atoms with Crippen LogP contribution < -0.4 is 10.9 Å². The van der Waals surface area contributed by atoms with Gasteiger partial charge in [-0.2, -0.15) is 0 Å². The summed E-state index contributed by atoms with van der Waals surface area (Å²) in [5.41, 5.74) is 7.83. The molecule has 1 aromatic rings. The zero-order valence-corrected chi connectivity index (χ0v) is 15.5. The monoisotopic (exact) mass is 373 g/mol. The molecule has 1 aromatic carbocycles. The van der Waals surface area contributed by atoms with Crippen molar-refractivity contribution in [1.82, 2.24) is 4.90 Å². The molecule has 4 N–H and O–H groups in total. The number of fused-ring (bicyclic) bond motifs is 1. The van der Waals surface area contributed by atoms with Gasteiger partial charge in [-0.05, 0) is 61.8 Å². The number of carbonyl (C=O) groups excluding carboxylic acids is 1. The second-order valence-electron chi connectivity index (χ2n) is 6.84. The third-order valence-electron chi connectivity index (χ3n) is 5.37. The van der Waals surface area contributed by atoms with Gasteiger partial charge in [-0.3, -0.25) is 4.79 Å². The molecule has 6 nitrogen and oxygen atoms in total. The van der Waals surface area contributed by atoms with E-state index in [2.05, 4.69) is 0 Å². The standard InChI is InChI=1S/C16H23N3O3S.ClH/c1-9-5-12(6-15(10(9)2)23(18,21)22)16(20)19-7-11-3-4-14(17)13(11)8-19;/h5-6,11,13-14H,3-4,7-8,17H2,1-2H3,(H2,18,21,22);1H. The van der Waals surface area contributed by atoms with Crippen LogP contribution in [0.3, 0.4) is 0 Å². The smallest absolute Gasteiger partial charge is 0.253 e. The van der Waals surface area contributed by atoms with Gasteiger partial charge in [0.25, 0.3) is 5.91 Å². The molecule has 8 heteroatoms. The van der Waals surface area contributed by atoms with Crippen LogP contribution in [0.1, 0.15) is 34.3 Å². The summed E-state index contributed by atoms with van der Waals surface area (Å²) in [4.78, 5) is 14.6. The summed E-state index contributed by atoms with van der Waals surface area (Å²) >= 11 is 0. The molecule has 24 heavy (non-hydrogen) atoms. The van der Waals surface area contributed by atoms with Gasteiger partial charge in [0.2, 0.25) is 10.0 Å². The van der Waals surface area contributed by atoms with Crippen molar-refractivity contribution in [1.29, 1.82) is 0 Å². The molecule has 0 aromatic heterocycles. The number of aryl methyl sites for hydroxylation is 1. The predicted octanol–water partition coefficient (Wildman–Crippen LogP) is 1.18. The quantitative estimate of drug-likeness (QED) is 0.811. The van der Waals surface area contributed by atoms with Crippen LogP contribution in [0.5, 0.6) is 0 Å².